The zero-order valence-corrected chi connectivity index (χ0v) is 14.8. The summed E-state index contributed by atoms with van der Waals surface area (Å²) in [6.07, 6.45) is 6.16. The number of aliphatic hydroxyl groups excluding tert-OH is 1. The van der Waals surface area contributed by atoms with Crippen molar-refractivity contribution in [2.75, 3.05) is 0 Å². The first-order chi connectivity index (χ1) is 13.1. The van der Waals surface area contributed by atoms with Crippen molar-refractivity contribution in [2.24, 2.45) is 0 Å². The van der Waals surface area contributed by atoms with Crippen LogP contribution in [0.1, 0.15) is 54.3 Å². The van der Waals surface area contributed by atoms with E-state index in [0.29, 0.717) is 5.56 Å². The minimum absolute atomic E-state index is 0.00567. The molecule has 0 bridgehead atoms. The van der Waals surface area contributed by atoms with Crippen LogP contribution < -0.4 is 0 Å². The van der Waals surface area contributed by atoms with Gasteiger partial charge in [-0.1, -0.05) is 31.4 Å². The van der Waals surface area contributed by atoms with Gasteiger partial charge in [-0.15, -0.1) is 0 Å². The predicted molar refractivity (Wildman–Crippen MR) is 97.3 cm³/mol. The minimum atomic E-state index is -0.745. The molecule has 1 saturated carbocycles. The van der Waals surface area contributed by atoms with Crippen LogP contribution in [0, 0.1) is 0 Å². The van der Waals surface area contributed by atoms with Crippen molar-refractivity contribution >= 4 is 11.7 Å². The van der Waals surface area contributed by atoms with Crippen LogP contribution in [0.2, 0.25) is 0 Å². The van der Waals surface area contributed by atoms with Crippen molar-refractivity contribution < 1.29 is 24.2 Å². The van der Waals surface area contributed by atoms with Gasteiger partial charge in [-0.25, -0.2) is 0 Å². The number of phenols is 1. The maximum Gasteiger partial charge on any atom is 0.290 e. The molecular formula is C21H21NO5. The van der Waals surface area contributed by atoms with Gasteiger partial charge in [-0.05, 0) is 42.7 Å². The monoisotopic (exact) mass is 367 g/mol. The Morgan fingerprint density at radius 3 is 2.52 bits per heavy atom. The van der Waals surface area contributed by atoms with E-state index in [1.165, 1.54) is 24.5 Å². The van der Waals surface area contributed by atoms with Gasteiger partial charge < -0.3 is 19.5 Å². The molecule has 140 valence electrons. The molecule has 6 nitrogen and oxygen atoms in total. The fraction of sp³-hybridized carbons (Fsp3) is 0.333. The van der Waals surface area contributed by atoms with Gasteiger partial charge >= 0.3 is 0 Å². The van der Waals surface area contributed by atoms with Gasteiger partial charge in [-0.2, -0.15) is 0 Å². The van der Waals surface area contributed by atoms with Gasteiger partial charge in [-0.3, -0.25) is 9.59 Å². The zero-order chi connectivity index (χ0) is 19.0. The number of hydrogen-bond acceptors (Lipinski definition) is 5. The Bertz CT molecular complexity index is 893. The summed E-state index contributed by atoms with van der Waals surface area (Å²) < 4.78 is 5.21. The maximum absolute atomic E-state index is 13.0. The molecule has 1 aliphatic heterocycles. The summed E-state index contributed by atoms with van der Waals surface area (Å²) in [4.78, 5) is 27.5. The summed E-state index contributed by atoms with van der Waals surface area (Å²) >= 11 is 0. The van der Waals surface area contributed by atoms with E-state index in [9.17, 15) is 19.8 Å². The number of nitrogens with zero attached hydrogens (tertiary/aromatic N) is 1. The van der Waals surface area contributed by atoms with E-state index < -0.39 is 23.5 Å². The number of carbonyl (C=O) groups excluding carboxylic acids is 2. The number of rotatable bonds is 4. The second-order valence-electron chi connectivity index (χ2n) is 7.07. The molecule has 4 rings (SSSR count). The number of Topliss-reactive ketones (excluding diaryl/α,β-unsaturated/α-hetero) is 1. The molecular weight excluding hydrogens is 346 g/mol. The Morgan fingerprint density at radius 1 is 1.07 bits per heavy atom. The average molecular weight is 367 g/mol. The second-order valence-corrected chi connectivity index (χ2v) is 7.07. The molecule has 1 aromatic heterocycles. The molecule has 2 aliphatic rings. The van der Waals surface area contributed by atoms with Crippen molar-refractivity contribution in [1.29, 1.82) is 0 Å². The van der Waals surface area contributed by atoms with E-state index in [0.717, 1.165) is 32.1 Å². The fourth-order valence-corrected chi connectivity index (χ4v) is 4.15. The molecule has 2 aromatic rings. The lowest BCUT2D eigenvalue weighted by Gasteiger charge is -2.36. The van der Waals surface area contributed by atoms with Crippen molar-refractivity contribution in [1.82, 2.24) is 4.90 Å². The molecule has 6 heteroatoms. The SMILES string of the molecule is O=C(C1=C(O)C(=O)N(C2CCCCC2)C1c1cccc(O)c1)c1ccco1. The first-order valence-electron chi connectivity index (χ1n) is 9.21. The Kier molecular flexibility index (Phi) is 4.48. The lowest BCUT2D eigenvalue weighted by atomic mass is 9.90. The number of ketones is 1. The van der Waals surface area contributed by atoms with E-state index in [-0.39, 0.29) is 23.1 Å². The largest absolute Gasteiger partial charge is 0.508 e. The summed E-state index contributed by atoms with van der Waals surface area (Å²) in [6, 6.07) is 8.78. The van der Waals surface area contributed by atoms with Crippen LogP contribution in [0.3, 0.4) is 0 Å². The number of amides is 1. The van der Waals surface area contributed by atoms with Gasteiger partial charge in [0, 0.05) is 6.04 Å². The highest BCUT2D eigenvalue weighted by Crippen LogP contribution is 2.43. The highest BCUT2D eigenvalue weighted by molar-refractivity contribution is 6.15. The molecule has 2 heterocycles. The molecule has 0 spiro atoms. The van der Waals surface area contributed by atoms with Crippen LogP contribution in [0.15, 0.2) is 58.4 Å². The Labute approximate surface area is 156 Å². The molecule has 1 fully saturated rings. The number of carbonyl (C=O) groups is 2. The lowest BCUT2D eigenvalue weighted by Crippen LogP contribution is -2.41. The Hall–Kier alpha value is -3.02. The van der Waals surface area contributed by atoms with Crippen LogP contribution in [0.4, 0.5) is 0 Å². The van der Waals surface area contributed by atoms with Crippen LogP contribution in [-0.2, 0) is 4.79 Å². The van der Waals surface area contributed by atoms with Gasteiger partial charge in [0.1, 0.15) is 5.75 Å². The third-order valence-corrected chi connectivity index (χ3v) is 5.39. The van der Waals surface area contributed by atoms with Crippen LogP contribution in [-0.4, -0.2) is 32.8 Å². The summed E-state index contributed by atoms with van der Waals surface area (Å²) in [5, 5.41) is 20.5. The highest BCUT2D eigenvalue weighted by atomic mass is 16.3. The number of aliphatic hydroxyl groups is 1. The van der Waals surface area contributed by atoms with Crippen molar-refractivity contribution in [3.8, 4) is 5.75 Å². The fourth-order valence-electron chi connectivity index (χ4n) is 4.15. The first-order valence-corrected chi connectivity index (χ1v) is 9.21. The van der Waals surface area contributed by atoms with Gasteiger partial charge in [0.15, 0.2) is 11.5 Å². The number of furan rings is 1. The van der Waals surface area contributed by atoms with Gasteiger partial charge in [0.05, 0.1) is 17.9 Å². The third-order valence-electron chi connectivity index (χ3n) is 5.39. The Morgan fingerprint density at radius 2 is 1.85 bits per heavy atom. The molecule has 1 aliphatic carbocycles. The zero-order valence-electron chi connectivity index (χ0n) is 14.8. The quantitative estimate of drug-likeness (QED) is 0.800. The molecule has 1 unspecified atom stereocenters. The van der Waals surface area contributed by atoms with Crippen LogP contribution in [0.5, 0.6) is 5.75 Å². The normalized spacial score (nSPS) is 21.1. The minimum Gasteiger partial charge on any atom is -0.508 e. The summed E-state index contributed by atoms with van der Waals surface area (Å²) in [5.41, 5.74) is 0.596. The van der Waals surface area contributed by atoms with Gasteiger partial charge in [0.2, 0.25) is 5.78 Å². The molecule has 1 atom stereocenters. The summed E-state index contributed by atoms with van der Waals surface area (Å²) in [7, 11) is 0. The smallest absolute Gasteiger partial charge is 0.290 e. The molecule has 1 amide bonds. The second kappa shape index (κ2) is 6.95. The number of phenolic OH excluding ortho intramolecular Hbond substituents is 1. The third kappa shape index (κ3) is 3.01. The standard InChI is InChI=1S/C21H21NO5/c23-15-9-4-6-13(12-15)18-17(19(24)16-10-5-11-27-16)20(25)21(26)22(18)14-7-2-1-3-8-14/h4-6,9-12,14,18,23,25H,1-3,7-8H2. The first kappa shape index (κ1) is 17.4. The molecule has 1 aromatic carbocycles. The summed E-state index contributed by atoms with van der Waals surface area (Å²) in [5.74, 6) is -1.47. The van der Waals surface area contributed by atoms with E-state index >= 15 is 0 Å². The molecule has 0 saturated heterocycles. The molecule has 27 heavy (non-hydrogen) atoms. The van der Waals surface area contributed by atoms with E-state index in [1.807, 2.05) is 0 Å². The topological polar surface area (TPSA) is 91.0 Å². The van der Waals surface area contributed by atoms with Crippen molar-refractivity contribution in [3.05, 3.63) is 65.3 Å². The predicted octanol–water partition coefficient (Wildman–Crippen LogP) is 3.90. The van der Waals surface area contributed by atoms with Crippen molar-refractivity contribution in [3.63, 3.8) is 0 Å². The number of aromatic hydroxyl groups is 1. The highest BCUT2D eigenvalue weighted by Gasteiger charge is 2.47. The van der Waals surface area contributed by atoms with Gasteiger partial charge in [0.25, 0.3) is 5.91 Å². The Balaban J connectivity index is 1.82. The summed E-state index contributed by atoms with van der Waals surface area (Å²) in [6.45, 7) is 0. The molecule has 0 radical (unpaired) electrons. The average Bonchev–Trinajstić information content (AvgIpc) is 3.30. The maximum atomic E-state index is 13.0. The van der Waals surface area contributed by atoms with E-state index in [4.69, 9.17) is 4.42 Å². The van der Waals surface area contributed by atoms with E-state index in [2.05, 4.69) is 0 Å². The molecule has 2 N–H and O–H groups in total. The lowest BCUT2D eigenvalue weighted by molar-refractivity contribution is -0.132. The number of benzene rings is 1. The van der Waals surface area contributed by atoms with Crippen molar-refractivity contribution in [2.45, 2.75) is 44.2 Å². The van der Waals surface area contributed by atoms with E-state index in [1.54, 1.807) is 23.1 Å². The van der Waals surface area contributed by atoms with Crippen LogP contribution in [0.25, 0.3) is 0 Å². The van der Waals surface area contributed by atoms with Crippen LogP contribution >= 0.6 is 0 Å². The number of hydrogen-bond donors (Lipinski definition) is 2.